The number of ether oxygens (including phenoxy) is 1. The highest BCUT2D eigenvalue weighted by atomic mass is 16.5. The molecule has 1 N–H and O–H groups in total. The van der Waals surface area contributed by atoms with Gasteiger partial charge in [-0.05, 0) is 36.2 Å². The van der Waals surface area contributed by atoms with Gasteiger partial charge in [0, 0.05) is 18.3 Å². The minimum atomic E-state index is -0.326. The van der Waals surface area contributed by atoms with Crippen LogP contribution in [-0.4, -0.2) is 5.97 Å². The Morgan fingerprint density at radius 1 is 1.47 bits per heavy atom. The van der Waals surface area contributed by atoms with Gasteiger partial charge < -0.3 is 10.1 Å². The monoisotopic (exact) mass is 253 g/mol. The average molecular weight is 253 g/mol. The smallest absolute Gasteiger partial charge is 0.308 e. The summed E-state index contributed by atoms with van der Waals surface area (Å²) in [5, 5.41) is 3.21. The summed E-state index contributed by atoms with van der Waals surface area (Å²) in [6.45, 7) is 5.31. The van der Waals surface area contributed by atoms with Gasteiger partial charge >= 0.3 is 5.97 Å². The highest BCUT2D eigenvalue weighted by molar-refractivity contribution is 5.71. The summed E-state index contributed by atoms with van der Waals surface area (Å²) in [6.07, 6.45) is 8.25. The largest absolute Gasteiger partial charge is 0.427 e. The molecule has 0 amide bonds. The highest BCUT2D eigenvalue weighted by Gasteiger charge is 2.16. The Morgan fingerprint density at radius 2 is 2.16 bits per heavy atom. The lowest BCUT2D eigenvalue weighted by atomic mass is 9.96. The third-order valence-corrected chi connectivity index (χ3v) is 2.90. The molecule has 1 atom stereocenters. The molecular weight excluding hydrogens is 238 g/mol. The number of carbonyl (C=O) groups excluding carboxylic acids is 1. The summed E-state index contributed by atoms with van der Waals surface area (Å²) < 4.78 is 4.99. The van der Waals surface area contributed by atoms with Crippen LogP contribution in [0.1, 0.15) is 18.9 Å². The lowest BCUT2D eigenvalue weighted by Gasteiger charge is -2.23. The first-order valence-electron chi connectivity index (χ1n) is 6.01. The van der Waals surface area contributed by atoms with Gasteiger partial charge in [-0.2, -0.15) is 0 Å². The zero-order chi connectivity index (χ0) is 13.8. The summed E-state index contributed by atoms with van der Waals surface area (Å²) in [6, 6.07) is 7.30. The van der Waals surface area contributed by atoms with Crippen molar-refractivity contribution >= 4 is 11.7 Å². The third-order valence-electron chi connectivity index (χ3n) is 2.90. The molecule has 19 heavy (non-hydrogen) atoms. The number of allylic oxidation sites excluding steroid dienone is 2. The fourth-order valence-corrected chi connectivity index (χ4v) is 1.92. The number of terminal acetylenes is 1. The Balaban J connectivity index is 2.15. The van der Waals surface area contributed by atoms with Gasteiger partial charge in [-0.1, -0.05) is 18.6 Å². The minimum Gasteiger partial charge on any atom is -0.427 e. The Morgan fingerprint density at radius 3 is 2.68 bits per heavy atom. The van der Waals surface area contributed by atoms with Crippen molar-refractivity contribution in [2.75, 3.05) is 0 Å². The second-order valence-corrected chi connectivity index (χ2v) is 4.34. The molecule has 1 aliphatic rings. The summed E-state index contributed by atoms with van der Waals surface area (Å²) in [5.74, 6) is 2.95. The Hall–Kier alpha value is -2.47. The van der Waals surface area contributed by atoms with Gasteiger partial charge in [-0.3, -0.25) is 4.79 Å². The zero-order valence-corrected chi connectivity index (χ0v) is 10.8. The normalized spacial score (nSPS) is 18.0. The number of nitrogens with one attached hydrogen (secondary N) is 1. The van der Waals surface area contributed by atoms with E-state index in [9.17, 15) is 4.79 Å². The Labute approximate surface area is 113 Å². The molecule has 3 nitrogen and oxygen atoms in total. The summed E-state index contributed by atoms with van der Waals surface area (Å²) >= 11 is 0. The van der Waals surface area contributed by atoms with Gasteiger partial charge in [0.25, 0.3) is 0 Å². The maximum atomic E-state index is 10.8. The van der Waals surface area contributed by atoms with Crippen LogP contribution in [-0.2, 0) is 4.79 Å². The van der Waals surface area contributed by atoms with Crippen LogP contribution in [0.2, 0.25) is 0 Å². The molecule has 0 spiro atoms. The number of esters is 1. The Kier molecular flexibility index (Phi) is 3.72. The molecule has 1 aromatic rings. The SMILES string of the molecule is C#CC1CC=C(c2ccc(OC(C)=O)cc2)NC1=C. The van der Waals surface area contributed by atoms with Gasteiger partial charge in [0.2, 0.25) is 0 Å². The van der Waals surface area contributed by atoms with Crippen molar-refractivity contribution in [3.8, 4) is 18.1 Å². The standard InChI is InChI=1S/C16H15NO2/c1-4-13-7-10-16(17-11(13)2)14-5-8-15(9-6-14)19-12(3)18/h1,5-6,8-10,13,17H,2,7H2,3H3. The van der Waals surface area contributed by atoms with Crippen LogP contribution in [0.5, 0.6) is 5.75 Å². The van der Waals surface area contributed by atoms with Crippen LogP contribution in [0, 0.1) is 18.3 Å². The molecule has 1 aromatic carbocycles. The highest BCUT2D eigenvalue weighted by Crippen LogP contribution is 2.25. The van der Waals surface area contributed by atoms with Gasteiger partial charge in [-0.15, -0.1) is 6.42 Å². The van der Waals surface area contributed by atoms with E-state index in [2.05, 4.69) is 23.9 Å². The molecule has 96 valence electrons. The molecule has 0 aliphatic carbocycles. The molecule has 1 heterocycles. The second kappa shape index (κ2) is 5.45. The molecule has 1 unspecified atom stereocenters. The predicted molar refractivity (Wildman–Crippen MR) is 74.9 cm³/mol. The van der Waals surface area contributed by atoms with E-state index >= 15 is 0 Å². The zero-order valence-electron chi connectivity index (χ0n) is 10.8. The maximum Gasteiger partial charge on any atom is 0.308 e. The molecular formula is C16H15NO2. The van der Waals surface area contributed by atoms with Crippen molar-refractivity contribution in [1.29, 1.82) is 0 Å². The van der Waals surface area contributed by atoms with Crippen molar-refractivity contribution < 1.29 is 9.53 Å². The van der Waals surface area contributed by atoms with Crippen molar-refractivity contribution in [1.82, 2.24) is 5.32 Å². The summed E-state index contributed by atoms with van der Waals surface area (Å²) in [4.78, 5) is 10.8. The molecule has 0 saturated carbocycles. The first kappa shape index (κ1) is 13.0. The minimum absolute atomic E-state index is 0.0454. The van der Waals surface area contributed by atoms with Crippen LogP contribution < -0.4 is 10.1 Å². The van der Waals surface area contributed by atoms with Crippen molar-refractivity contribution in [2.45, 2.75) is 13.3 Å². The molecule has 0 fully saturated rings. The third kappa shape index (κ3) is 3.05. The van der Waals surface area contributed by atoms with Gasteiger partial charge in [0.15, 0.2) is 0 Å². The van der Waals surface area contributed by atoms with E-state index in [0.717, 1.165) is 23.4 Å². The van der Waals surface area contributed by atoms with Gasteiger partial charge in [0.05, 0.1) is 5.92 Å². The molecule has 2 rings (SSSR count). The lowest BCUT2D eigenvalue weighted by molar-refractivity contribution is -0.131. The molecule has 0 radical (unpaired) electrons. The van der Waals surface area contributed by atoms with Crippen LogP contribution in [0.15, 0.2) is 42.6 Å². The van der Waals surface area contributed by atoms with E-state index in [0.29, 0.717) is 5.75 Å². The predicted octanol–water partition coefficient (Wildman–Crippen LogP) is 2.71. The number of carbonyl (C=O) groups is 1. The Bertz CT molecular complexity index is 576. The van der Waals surface area contributed by atoms with Crippen LogP contribution in [0.3, 0.4) is 0 Å². The maximum absolute atomic E-state index is 10.8. The molecule has 0 aromatic heterocycles. The van der Waals surface area contributed by atoms with Crippen molar-refractivity contribution in [2.24, 2.45) is 5.92 Å². The van der Waals surface area contributed by atoms with Crippen LogP contribution in [0.25, 0.3) is 5.70 Å². The van der Waals surface area contributed by atoms with Crippen LogP contribution >= 0.6 is 0 Å². The number of hydrogen-bond donors (Lipinski definition) is 1. The fourth-order valence-electron chi connectivity index (χ4n) is 1.92. The summed E-state index contributed by atoms with van der Waals surface area (Å²) in [5.41, 5.74) is 2.82. The van der Waals surface area contributed by atoms with Gasteiger partial charge in [-0.25, -0.2) is 0 Å². The van der Waals surface area contributed by atoms with E-state index in [-0.39, 0.29) is 11.9 Å². The molecule has 3 heteroatoms. The molecule has 0 saturated heterocycles. The molecule has 0 bridgehead atoms. The van der Waals surface area contributed by atoms with E-state index in [1.54, 1.807) is 12.1 Å². The quantitative estimate of drug-likeness (QED) is 0.500. The van der Waals surface area contributed by atoms with Gasteiger partial charge in [0.1, 0.15) is 5.75 Å². The number of rotatable bonds is 2. The van der Waals surface area contributed by atoms with Crippen molar-refractivity contribution in [3.63, 3.8) is 0 Å². The molecule has 1 aliphatic heterocycles. The number of hydrogen-bond acceptors (Lipinski definition) is 3. The topological polar surface area (TPSA) is 38.3 Å². The number of benzene rings is 1. The second-order valence-electron chi connectivity index (χ2n) is 4.34. The van der Waals surface area contributed by atoms with E-state index in [1.807, 2.05) is 12.1 Å². The van der Waals surface area contributed by atoms with E-state index in [4.69, 9.17) is 11.2 Å². The fraction of sp³-hybridized carbons (Fsp3) is 0.188. The average Bonchev–Trinajstić information content (AvgIpc) is 2.39. The summed E-state index contributed by atoms with van der Waals surface area (Å²) in [7, 11) is 0. The van der Waals surface area contributed by atoms with Crippen LogP contribution in [0.4, 0.5) is 0 Å². The van der Waals surface area contributed by atoms with E-state index < -0.39 is 0 Å². The van der Waals surface area contributed by atoms with Crippen molar-refractivity contribution in [3.05, 3.63) is 48.2 Å². The lowest BCUT2D eigenvalue weighted by Crippen LogP contribution is -2.21. The first-order valence-corrected chi connectivity index (χ1v) is 6.01. The van der Waals surface area contributed by atoms with E-state index in [1.165, 1.54) is 6.92 Å². The first-order chi connectivity index (χ1) is 9.10.